The number of nitrogens with zero attached hydrogens (tertiary/aromatic N) is 3. The van der Waals surface area contributed by atoms with Crippen molar-refractivity contribution in [3.05, 3.63) is 70.3 Å². The summed E-state index contributed by atoms with van der Waals surface area (Å²) in [6.45, 7) is 4.15. The molecule has 29 heavy (non-hydrogen) atoms. The molecule has 146 valence electrons. The number of fused-ring (bicyclic) bond motifs is 1. The van der Waals surface area contributed by atoms with Crippen LogP contribution >= 0.6 is 11.6 Å². The SMILES string of the molecule is Cc1noc(C)c1-c1ccc2nc(C(=O)O)nc(NCc3cccc(Cl)c3)c2c1. The zero-order valence-corrected chi connectivity index (χ0v) is 16.5. The van der Waals surface area contributed by atoms with Crippen LogP contribution in [0.25, 0.3) is 22.0 Å². The molecule has 7 nitrogen and oxygen atoms in total. The van der Waals surface area contributed by atoms with Crippen molar-refractivity contribution in [2.24, 2.45) is 0 Å². The number of carbonyl (C=O) groups is 1. The maximum Gasteiger partial charge on any atom is 0.374 e. The predicted molar refractivity (Wildman–Crippen MR) is 110 cm³/mol. The van der Waals surface area contributed by atoms with Crippen LogP contribution in [0.2, 0.25) is 5.02 Å². The maximum atomic E-state index is 11.5. The predicted octanol–water partition coefficient (Wildman–Crippen LogP) is 4.87. The summed E-state index contributed by atoms with van der Waals surface area (Å²) in [7, 11) is 0. The Kier molecular flexibility index (Phi) is 4.90. The molecule has 0 aliphatic heterocycles. The highest BCUT2D eigenvalue weighted by atomic mass is 35.5. The molecule has 0 spiro atoms. The standard InChI is InChI=1S/C21H17ClN4O3/c1-11-18(12(2)29-26-11)14-6-7-17-16(9-14)19(25-20(24-17)21(27)28)23-10-13-4-3-5-15(22)8-13/h3-9H,10H2,1-2H3,(H,27,28)(H,23,24,25). The van der Waals surface area contributed by atoms with Crippen molar-refractivity contribution in [2.75, 3.05) is 5.32 Å². The Morgan fingerprint density at radius 2 is 2.00 bits per heavy atom. The van der Waals surface area contributed by atoms with Crippen molar-refractivity contribution in [3.63, 3.8) is 0 Å². The number of aromatic nitrogens is 3. The van der Waals surface area contributed by atoms with Crippen LogP contribution in [-0.4, -0.2) is 26.2 Å². The van der Waals surface area contributed by atoms with E-state index in [1.807, 2.05) is 44.2 Å². The number of hydrogen-bond donors (Lipinski definition) is 2. The van der Waals surface area contributed by atoms with Crippen LogP contribution in [-0.2, 0) is 6.54 Å². The van der Waals surface area contributed by atoms with Crippen LogP contribution in [0.4, 0.5) is 5.82 Å². The van der Waals surface area contributed by atoms with Crippen LogP contribution in [0.5, 0.6) is 0 Å². The monoisotopic (exact) mass is 408 g/mol. The number of aryl methyl sites for hydroxylation is 2. The van der Waals surface area contributed by atoms with Gasteiger partial charge in [-0.2, -0.15) is 0 Å². The molecule has 4 aromatic rings. The molecule has 0 bridgehead atoms. The van der Waals surface area contributed by atoms with Gasteiger partial charge in [0.05, 0.1) is 11.2 Å². The number of rotatable bonds is 5. The Labute approximate surface area is 171 Å². The lowest BCUT2D eigenvalue weighted by molar-refractivity contribution is 0.0684. The third-order valence-electron chi connectivity index (χ3n) is 4.56. The first-order valence-electron chi connectivity index (χ1n) is 8.89. The Balaban J connectivity index is 1.81. The largest absolute Gasteiger partial charge is 0.475 e. The van der Waals surface area contributed by atoms with Crippen molar-refractivity contribution in [2.45, 2.75) is 20.4 Å². The van der Waals surface area contributed by atoms with E-state index < -0.39 is 5.97 Å². The lowest BCUT2D eigenvalue weighted by Gasteiger charge is -2.11. The zero-order chi connectivity index (χ0) is 20.5. The quantitative estimate of drug-likeness (QED) is 0.486. The number of nitrogens with one attached hydrogen (secondary N) is 1. The van der Waals surface area contributed by atoms with Crippen molar-refractivity contribution in [3.8, 4) is 11.1 Å². The Hall–Kier alpha value is -3.45. The van der Waals surface area contributed by atoms with Gasteiger partial charge in [0.1, 0.15) is 11.6 Å². The fourth-order valence-electron chi connectivity index (χ4n) is 3.24. The number of anilines is 1. The van der Waals surface area contributed by atoms with E-state index in [1.54, 1.807) is 12.1 Å². The second-order valence-electron chi connectivity index (χ2n) is 6.62. The molecule has 2 aromatic carbocycles. The second-order valence-corrected chi connectivity index (χ2v) is 7.05. The first-order valence-corrected chi connectivity index (χ1v) is 9.27. The fraction of sp³-hybridized carbons (Fsp3) is 0.143. The molecule has 8 heteroatoms. The van der Waals surface area contributed by atoms with E-state index in [9.17, 15) is 9.90 Å². The second kappa shape index (κ2) is 7.52. The van der Waals surface area contributed by atoms with Crippen molar-refractivity contribution in [1.82, 2.24) is 15.1 Å². The lowest BCUT2D eigenvalue weighted by atomic mass is 10.0. The Bertz CT molecular complexity index is 1220. The molecule has 0 radical (unpaired) electrons. The number of hydrogen-bond acceptors (Lipinski definition) is 6. The van der Waals surface area contributed by atoms with Crippen LogP contribution in [0.3, 0.4) is 0 Å². The van der Waals surface area contributed by atoms with Gasteiger partial charge >= 0.3 is 5.97 Å². The molecule has 0 saturated heterocycles. The summed E-state index contributed by atoms with van der Waals surface area (Å²) >= 11 is 6.05. The minimum Gasteiger partial charge on any atom is -0.475 e. The van der Waals surface area contributed by atoms with Gasteiger partial charge in [0.25, 0.3) is 0 Å². The molecule has 0 fully saturated rings. The van der Waals surface area contributed by atoms with E-state index in [1.165, 1.54) is 0 Å². The van der Waals surface area contributed by atoms with Gasteiger partial charge in [-0.3, -0.25) is 0 Å². The van der Waals surface area contributed by atoms with Crippen molar-refractivity contribution in [1.29, 1.82) is 0 Å². The first-order chi connectivity index (χ1) is 13.9. The van der Waals surface area contributed by atoms with Crippen molar-refractivity contribution >= 4 is 34.3 Å². The van der Waals surface area contributed by atoms with Crippen LogP contribution < -0.4 is 5.32 Å². The number of halogens is 1. The van der Waals surface area contributed by atoms with E-state index in [2.05, 4.69) is 20.4 Å². The highest BCUT2D eigenvalue weighted by Gasteiger charge is 2.16. The number of carboxylic acids is 1. The minimum atomic E-state index is -1.19. The number of benzene rings is 2. The molecule has 2 N–H and O–H groups in total. The molecule has 0 amide bonds. The average molecular weight is 409 g/mol. The third kappa shape index (κ3) is 3.77. The van der Waals surface area contributed by atoms with Gasteiger partial charge < -0.3 is 14.9 Å². The molecule has 2 aromatic heterocycles. The van der Waals surface area contributed by atoms with Gasteiger partial charge in [0, 0.05) is 22.5 Å². The van der Waals surface area contributed by atoms with E-state index in [-0.39, 0.29) is 5.82 Å². The van der Waals surface area contributed by atoms with Gasteiger partial charge in [-0.05, 0) is 49.2 Å². The Morgan fingerprint density at radius 1 is 1.17 bits per heavy atom. The van der Waals surface area contributed by atoms with Crippen LogP contribution in [0.1, 0.15) is 27.6 Å². The molecule has 0 saturated carbocycles. The topological polar surface area (TPSA) is 101 Å². The van der Waals surface area contributed by atoms with E-state index in [0.29, 0.717) is 34.0 Å². The zero-order valence-electron chi connectivity index (χ0n) is 15.7. The molecular formula is C21H17ClN4O3. The van der Waals surface area contributed by atoms with Gasteiger partial charge in [0.15, 0.2) is 0 Å². The average Bonchev–Trinajstić information content (AvgIpc) is 3.03. The third-order valence-corrected chi connectivity index (χ3v) is 4.79. The molecule has 0 unspecified atom stereocenters. The van der Waals surface area contributed by atoms with Crippen LogP contribution in [0.15, 0.2) is 47.0 Å². The summed E-state index contributed by atoms with van der Waals surface area (Å²) in [5.74, 6) is -0.317. The number of aromatic carboxylic acids is 1. The minimum absolute atomic E-state index is 0.267. The molecule has 4 rings (SSSR count). The molecular weight excluding hydrogens is 392 g/mol. The summed E-state index contributed by atoms with van der Waals surface area (Å²) < 4.78 is 5.27. The van der Waals surface area contributed by atoms with Gasteiger partial charge in [-0.1, -0.05) is 35.0 Å². The normalized spacial score (nSPS) is 11.0. The van der Waals surface area contributed by atoms with Gasteiger partial charge in [-0.25, -0.2) is 14.8 Å². The smallest absolute Gasteiger partial charge is 0.374 e. The lowest BCUT2D eigenvalue weighted by Crippen LogP contribution is -2.09. The summed E-state index contributed by atoms with van der Waals surface area (Å²) in [6, 6.07) is 13.0. The van der Waals surface area contributed by atoms with Gasteiger partial charge in [-0.15, -0.1) is 0 Å². The number of carboxylic acid groups (broad SMARTS) is 1. The van der Waals surface area contributed by atoms with E-state index in [0.717, 1.165) is 22.4 Å². The van der Waals surface area contributed by atoms with E-state index in [4.69, 9.17) is 16.1 Å². The first kappa shape index (κ1) is 18.9. The molecule has 0 aliphatic rings. The fourth-order valence-corrected chi connectivity index (χ4v) is 3.46. The molecule has 0 aliphatic carbocycles. The summed E-state index contributed by atoms with van der Waals surface area (Å²) in [6.07, 6.45) is 0. The van der Waals surface area contributed by atoms with Crippen molar-refractivity contribution < 1.29 is 14.4 Å². The van der Waals surface area contributed by atoms with Crippen LogP contribution in [0, 0.1) is 13.8 Å². The highest BCUT2D eigenvalue weighted by molar-refractivity contribution is 6.30. The highest BCUT2D eigenvalue weighted by Crippen LogP contribution is 2.31. The molecule has 0 atom stereocenters. The van der Waals surface area contributed by atoms with E-state index >= 15 is 0 Å². The summed E-state index contributed by atoms with van der Waals surface area (Å²) in [5, 5.41) is 17.9. The maximum absolute atomic E-state index is 11.5. The molecule has 2 heterocycles. The van der Waals surface area contributed by atoms with Gasteiger partial charge in [0.2, 0.25) is 5.82 Å². The summed E-state index contributed by atoms with van der Waals surface area (Å²) in [4.78, 5) is 19.8. The Morgan fingerprint density at radius 3 is 2.69 bits per heavy atom. The summed E-state index contributed by atoms with van der Waals surface area (Å²) in [5.41, 5.74) is 4.05.